The summed E-state index contributed by atoms with van der Waals surface area (Å²) >= 11 is 0. The Morgan fingerprint density at radius 3 is 2.54 bits per heavy atom. The van der Waals surface area contributed by atoms with Crippen LogP contribution in [0.3, 0.4) is 0 Å². The first-order chi connectivity index (χ1) is 6.25. The molecule has 0 radical (unpaired) electrons. The van der Waals surface area contributed by atoms with Gasteiger partial charge in [0.15, 0.2) is 0 Å². The van der Waals surface area contributed by atoms with Crippen molar-refractivity contribution in [1.82, 2.24) is 0 Å². The second-order valence-electron chi connectivity index (χ2n) is 4.72. The molecule has 0 spiro atoms. The van der Waals surface area contributed by atoms with Crippen molar-refractivity contribution in [3.63, 3.8) is 0 Å². The fourth-order valence-electron chi connectivity index (χ4n) is 2.27. The molecule has 0 aromatic rings. The topological polar surface area (TPSA) is 43.1 Å². The summed E-state index contributed by atoms with van der Waals surface area (Å²) in [5, 5.41) is 0. The summed E-state index contributed by atoms with van der Waals surface area (Å²) in [5.74, 6) is 1.69. The van der Waals surface area contributed by atoms with Crippen molar-refractivity contribution in [2.75, 3.05) is 0 Å². The van der Waals surface area contributed by atoms with Crippen molar-refractivity contribution in [3.8, 4) is 0 Å². The van der Waals surface area contributed by atoms with E-state index in [0.29, 0.717) is 17.7 Å². The van der Waals surface area contributed by atoms with E-state index in [2.05, 4.69) is 0 Å². The van der Waals surface area contributed by atoms with Crippen LogP contribution in [0, 0.1) is 11.8 Å². The van der Waals surface area contributed by atoms with E-state index in [4.69, 9.17) is 5.73 Å². The zero-order chi connectivity index (χ0) is 9.26. The quantitative estimate of drug-likeness (QED) is 0.719. The highest BCUT2D eigenvalue weighted by atomic mass is 16.1. The van der Waals surface area contributed by atoms with Crippen molar-refractivity contribution < 1.29 is 4.79 Å². The monoisotopic (exact) mass is 181 g/mol. The van der Waals surface area contributed by atoms with Crippen LogP contribution in [0.5, 0.6) is 0 Å². The van der Waals surface area contributed by atoms with E-state index in [0.717, 1.165) is 38.0 Å². The molecular weight excluding hydrogens is 162 g/mol. The van der Waals surface area contributed by atoms with E-state index in [1.54, 1.807) is 0 Å². The molecule has 2 nitrogen and oxygen atoms in total. The van der Waals surface area contributed by atoms with Gasteiger partial charge in [0, 0.05) is 18.4 Å². The normalized spacial score (nSPS) is 33.6. The molecule has 2 atom stereocenters. The highest BCUT2D eigenvalue weighted by molar-refractivity contribution is 5.81. The summed E-state index contributed by atoms with van der Waals surface area (Å²) in [6.45, 7) is 0. The molecule has 2 heteroatoms. The van der Waals surface area contributed by atoms with Gasteiger partial charge < -0.3 is 5.73 Å². The Hall–Kier alpha value is -0.370. The number of carbonyl (C=O) groups excluding carboxylic acids is 1. The lowest BCUT2D eigenvalue weighted by Crippen LogP contribution is -2.17. The summed E-state index contributed by atoms with van der Waals surface area (Å²) in [5.41, 5.74) is 5.78. The largest absolute Gasteiger partial charge is 0.328 e. The summed E-state index contributed by atoms with van der Waals surface area (Å²) in [7, 11) is 0. The number of hydrogen-bond acceptors (Lipinski definition) is 2. The average molecular weight is 181 g/mol. The molecule has 0 aromatic heterocycles. The van der Waals surface area contributed by atoms with Crippen LogP contribution in [0.4, 0.5) is 0 Å². The summed E-state index contributed by atoms with van der Waals surface area (Å²) < 4.78 is 0. The van der Waals surface area contributed by atoms with Gasteiger partial charge in [-0.25, -0.2) is 0 Å². The molecule has 2 rings (SSSR count). The Morgan fingerprint density at radius 2 is 2.00 bits per heavy atom. The zero-order valence-electron chi connectivity index (χ0n) is 8.17. The Balaban J connectivity index is 1.69. The first-order valence-electron chi connectivity index (χ1n) is 5.54. The standard InChI is InChI=1S/C11H19NO/c12-10-5-4-9(7-10)11(13)6-3-8-1-2-8/h8-10H,1-7,12H2. The van der Waals surface area contributed by atoms with Crippen LogP contribution in [0.2, 0.25) is 0 Å². The van der Waals surface area contributed by atoms with Gasteiger partial charge in [-0.2, -0.15) is 0 Å². The molecule has 2 unspecified atom stereocenters. The van der Waals surface area contributed by atoms with Crippen LogP contribution in [0.15, 0.2) is 0 Å². The van der Waals surface area contributed by atoms with Gasteiger partial charge in [-0.1, -0.05) is 12.8 Å². The summed E-state index contributed by atoms with van der Waals surface area (Å²) in [6, 6.07) is 0.301. The van der Waals surface area contributed by atoms with Gasteiger partial charge in [-0.15, -0.1) is 0 Å². The van der Waals surface area contributed by atoms with Crippen molar-refractivity contribution in [2.45, 2.75) is 51.0 Å². The lowest BCUT2D eigenvalue weighted by molar-refractivity contribution is -0.122. The minimum Gasteiger partial charge on any atom is -0.328 e. The van der Waals surface area contributed by atoms with Crippen LogP contribution in [0.25, 0.3) is 0 Å². The molecule has 2 aliphatic rings. The predicted octanol–water partition coefficient (Wildman–Crippen LogP) is 1.87. The van der Waals surface area contributed by atoms with Crippen LogP contribution in [-0.2, 0) is 4.79 Å². The third-order valence-corrected chi connectivity index (χ3v) is 3.42. The molecular formula is C11H19NO. The summed E-state index contributed by atoms with van der Waals surface area (Å²) in [6.07, 6.45) is 7.73. The van der Waals surface area contributed by atoms with Crippen LogP contribution in [0.1, 0.15) is 44.9 Å². The fraction of sp³-hybridized carbons (Fsp3) is 0.909. The van der Waals surface area contributed by atoms with E-state index in [-0.39, 0.29) is 0 Å². The SMILES string of the molecule is NC1CCC(C(=O)CCC2CC2)C1. The minimum absolute atomic E-state index is 0.301. The van der Waals surface area contributed by atoms with Crippen LogP contribution >= 0.6 is 0 Å². The van der Waals surface area contributed by atoms with Gasteiger partial charge in [-0.05, 0) is 31.6 Å². The lowest BCUT2D eigenvalue weighted by Gasteiger charge is -2.07. The van der Waals surface area contributed by atoms with Crippen molar-refractivity contribution in [1.29, 1.82) is 0 Å². The Kier molecular flexibility index (Phi) is 2.68. The molecule has 2 aliphatic carbocycles. The maximum absolute atomic E-state index is 11.7. The second kappa shape index (κ2) is 3.79. The van der Waals surface area contributed by atoms with E-state index in [9.17, 15) is 4.79 Å². The Morgan fingerprint density at radius 1 is 1.23 bits per heavy atom. The third kappa shape index (κ3) is 2.53. The molecule has 2 fully saturated rings. The van der Waals surface area contributed by atoms with Crippen molar-refractivity contribution in [2.24, 2.45) is 17.6 Å². The minimum atomic E-state index is 0.301. The summed E-state index contributed by atoms with van der Waals surface area (Å²) in [4.78, 5) is 11.7. The highest BCUT2D eigenvalue weighted by Gasteiger charge is 2.29. The van der Waals surface area contributed by atoms with Gasteiger partial charge in [0.1, 0.15) is 5.78 Å². The Labute approximate surface area is 79.9 Å². The number of carbonyl (C=O) groups is 1. The number of nitrogens with two attached hydrogens (primary N) is 1. The molecule has 0 aliphatic heterocycles. The van der Waals surface area contributed by atoms with Crippen LogP contribution < -0.4 is 5.73 Å². The number of hydrogen-bond donors (Lipinski definition) is 1. The van der Waals surface area contributed by atoms with Gasteiger partial charge in [0.05, 0.1) is 0 Å². The lowest BCUT2D eigenvalue weighted by atomic mass is 9.97. The van der Waals surface area contributed by atoms with E-state index in [1.807, 2.05) is 0 Å². The van der Waals surface area contributed by atoms with Crippen molar-refractivity contribution in [3.05, 3.63) is 0 Å². The highest BCUT2D eigenvalue weighted by Crippen LogP contribution is 2.35. The van der Waals surface area contributed by atoms with Crippen LogP contribution in [-0.4, -0.2) is 11.8 Å². The van der Waals surface area contributed by atoms with Gasteiger partial charge >= 0.3 is 0 Å². The maximum Gasteiger partial charge on any atom is 0.136 e. The molecule has 2 saturated carbocycles. The molecule has 74 valence electrons. The Bertz CT molecular complexity index is 198. The molecule has 0 aromatic carbocycles. The fourth-order valence-corrected chi connectivity index (χ4v) is 2.27. The third-order valence-electron chi connectivity index (χ3n) is 3.42. The predicted molar refractivity (Wildman–Crippen MR) is 52.3 cm³/mol. The number of rotatable bonds is 4. The van der Waals surface area contributed by atoms with Gasteiger partial charge in [0.2, 0.25) is 0 Å². The number of ketones is 1. The molecule has 0 bridgehead atoms. The zero-order valence-corrected chi connectivity index (χ0v) is 8.17. The van der Waals surface area contributed by atoms with Gasteiger partial charge in [-0.3, -0.25) is 4.79 Å². The maximum atomic E-state index is 11.7. The smallest absolute Gasteiger partial charge is 0.136 e. The van der Waals surface area contributed by atoms with Crippen molar-refractivity contribution >= 4 is 5.78 Å². The van der Waals surface area contributed by atoms with E-state index >= 15 is 0 Å². The second-order valence-corrected chi connectivity index (χ2v) is 4.72. The average Bonchev–Trinajstić information content (AvgIpc) is 2.84. The van der Waals surface area contributed by atoms with E-state index in [1.165, 1.54) is 12.8 Å². The molecule has 0 saturated heterocycles. The molecule has 0 amide bonds. The van der Waals surface area contributed by atoms with Gasteiger partial charge in [0.25, 0.3) is 0 Å². The van der Waals surface area contributed by atoms with E-state index < -0.39 is 0 Å². The molecule has 2 N–H and O–H groups in total. The first kappa shape index (κ1) is 9.20. The molecule has 13 heavy (non-hydrogen) atoms. The first-order valence-corrected chi connectivity index (χ1v) is 5.54. The number of Topliss-reactive ketones (excluding diaryl/α,β-unsaturated/α-hetero) is 1. The molecule has 0 heterocycles.